The molecule has 2 aromatic heterocycles. The van der Waals surface area contributed by atoms with Crippen molar-refractivity contribution in [3.05, 3.63) is 53.8 Å². The SMILES string of the molecule is CCn1cc(C(=O)Nc2cc(Cl)ccc2-n2cncn2)cn1. The fourth-order valence-electron chi connectivity index (χ4n) is 1.99. The zero-order valence-electron chi connectivity index (χ0n) is 11.8. The molecule has 0 aliphatic heterocycles. The van der Waals surface area contributed by atoms with Crippen LogP contribution in [-0.2, 0) is 6.54 Å². The van der Waals surface area contributed by atoms with Crippen molar-refractivity contribution in [2.45, 2.75) is 13.5 Å². The van der Waals surface area contributed by atoms with Crippen LogP contribution in [0.15, 0.2) is 43.2 Å². The fourth-order valence-corrected chi connectivity index (χ4v) is 2.16. The molecule has 8 heteroatoms. The van der Waals surface area contributed by atoms with Gasteiger partial charge in [-0.2, -0.15) is 10.2 Å². The van der Waals surface area contributed by atoms with E-state index in [1.165, 1.54) is 12.5 Å². The first-order chi connectivity index (χ1) is 10.7. The van der Waals surface area contributed by atoms with E-state index in [0.29, 0.717) is 28.5 Å². The molecule has 2 heterocycles. The summed E-state index contributed by atoms with van der Waals surface area (Å²) < 4.78 is 3.24. The van der Waals surface area contributed by atoms with Gasteiger partial charge >= 0.3 is 0 Å². The average Bonchev–Trinajstić information content (AvgIpc) is 3.19. The fraction of sp³-hybridized carbons (Fsp3) is 0.143. The summed E-state index contributed by atoms with van der Waals surface area (Å²) in [6, 6.07) is 5.16. The van der Waals surface area contributed by atoms with Crippen molar-refractivity contribution in [2.24, 2.45) is 0 Å². The maximum atomic E-state index is 12.3. The van der Waals surface area contributed by atoms with Gasteiger partial charge in [-0.3, -0.25) is 9.48 Å². The summed E-state index contributed by atoms with van der Waals surface area (Å²) in [5, 5.41) is 11.5. The Labute approximate surface area is 131 Å². The van der Waals surface area contributed by atoms with Crippen LogP contribution in [0.5, 0.6) is 0 Å². The third-order valence-corrected chi connectivity index (χ3v) is 3.33. The Morgan fingerprint density at radius 3 is 2.91 bits per heavy atom. The van der Waals surface area contributed by atoms with Gasteiger partial charge in [-0.25, -0.2) is 9.67 Å². The molecular formula is C14H13ClN6O. The summed E-state index contributed by atoms with van der Waals surface area (Å²) in [6.07, 6.45) is 6.19. The number of amides is 1. The van der Waals surface area contributed by atoms with Crippen LogP contribution in [0.1, 0.15) is 17.3 Å². The molecule has 0 saturated carbocycles. The molecule has 1 amide bonds. The van der Waals surface area contributed by atoms with Crippen LogP contribution in [0, 0.1) is 0 Å². The summed E-state index contributed by atoms with van der Waals surface area (Å²) in [4.78, 5) is 16.2. The van der Waals surface area contributed by atoms with Gasteiger partial charge in [0.15, 0.2) is 0 Å². The Kier molecular flexibility index (Phi) is 3.88. The Morgan fingerprint density at radius 2 is 2.23 bits per heavy atom. The van der Waals surface area contributed by atoms with Crippen molar-refractivity contribution in [1.29, 1.82) is 0 Å². The molecule has 0 aliphatic rings. The lowest BCUT2D eigenvalue weighted by molar-refractivity contribution is 0.102. The smallest absolute Gasteiger partial charge is 0.258 e. The molecule has 1 aromatic carbocycles. The summed E-state index contributed by atoms with van der Waals surface area (Å²) in [5.74, 6) is -0.261. The van der Waals surface area contributed by atoms with E-state index in [1.54, 1.807) is 40.1 Å². The van der Waals surface area contributed by atoms with Crippen molar-refractivity contribution < 1.29 is 4.79 Å². The predicted octanol–water partition coefficient (Wildman–Crippen LogP) is 2.39. The number of anilines is 1. The molecule has 0 unspecified atom stereocenters. The van der Waals surface area contributed by atoms with Gasteiger partial charge < -0.3 is 5.32 Å². The predicted molar refractivity (Wildman–Crippen MR) is 82.2 cm³/mol. The highest BCUT2D eigenvalue weighted by Gasteiger charge is 2.13. The van der Waals surface area contributed by atoms with Crippen LogP contribution >= 0.6 is 11.6 Å². The molecule has 3 rings (SSSR count). The molecule has 0 radical (unpaired) electrons. The zero-order valence-corrected chi connectivity index (χ0v) is 12.5. The lowest BCUT2D eigenvalue weighted by Crippen LogP contribution is -2.13. The highest BCUT2D eigenvalue weighted by atomic mass is 35.5. The Bertz CT molecular complexity index is 796. The van der Waals surface area contributed by atoms with E-state index in [9.17, 15) is 4.79 Å². The summed E-state index contributed by atoms with van der Waals surface area (Å²) in [6.45, 7) is 2.66. The van der Waals surface area contributed by atoms with Gasteiger partial charge in [-0.05, 0) is 25.1 Å². The molecule has 0 spiro atoms. The Morgan fingerprint density at radius 1 is 1.36 bits per heavy atom. The minimum Gasteiger partial charge on any atom is -0.320 e. The second-order valence-corrected chi connectivity index (χ2v) is 4.98. The standard InChI is InChI=1S/C14H13ClN6O/c1-2-20-7-10(6-17-20)14(22)19-12-5-11(15)3-4-13(12)21-9-16-8-18-21/h3-9H,2H2,1H3,(H,19,22). The zero-order chi connectivity index (χ0) is 15.5. The molecule has 7 nitrogen and oxygen atoms in total. The minimum absolute atomic E-state index is 0.261. The monoisotopic (exact) mass is 316 g/mol. The number of aryl methyl sites for hydroxylation is 1. The number of nitrogens with one attached hydrogen (secondary N) is 1. The lowest BCUT2D eigenvalue weighted by Gasteiger charge is -2.10. The van der Waals surface area contributed by atoms with Gasteiger partial charge in [-0.15, -0.1) is 0 Å². The van der Waals surface area contributed by atoms with E-state index in [2.05, 4.69) is 20.5 Å². The van der Waals surface area contributed by atoms with Gasteiger partial charge in [0, 0.05) is 17.8 Å². The van der Waals surface area contributed by atoms with Crippen molar-refractivity contribution in [2.75, 3.05) is 5.32 Å². The molecule has 0 atom stereocenters. The van der Waals surface area contributed by atoms with Gasteiger partial charge in [0.25, 0.3) is 5.91 Å². The topological polar surface area (TPSA) is 77.6 Å². The molecule has 0 aliphatic carbocycles. The molecule has 0 saturated heterocycles. The maximum absolute atomic E-state index is 12.3. The van der Waals surface area contributed by atoms with E-state index in [4.69, 9.17) is 11.6 Å². The summed E-state index contributed by atoms with van der Waals surface area (Å²) >= 11 is 6.02. The normalized spacial score (nSPS) is 10.6. The highest BCUT2D eigenvalue weighted by Crippen LogP contribution is 2.24. The van der Waals surface area contributed by atoms with Crippen molar-refractivity contribution in [3.63, 3.8) is 0 Å². The Balaban J connectivity index is 1.91. The van der Waals surface area contributed by atoms with Crippen LogP contribution in [0.4, 0.5) is 5.69 Å². The maximum Gasteiger partial charge on any atom is 0.258 e. The molecule has 1 N–H and O–H groups in total. The quantitative estimate of drug-likeness (QED) is 0.801. The Hall–Kier alpha value is -2.67. The van der Waals surface area contributed by atoms with Crippen LogP contribution in [0.25, 0.3) is 5.69 Å². The van der Waals surface area contributed by atoms with Crippen molar-refractivity contribution in [1.82, 2.24) is 24.5 Å². The molecule has 22 heavy (non-hydrogen) atoms. The minimum atomic E-state index is -0.261. The van der Waals surface area contributed by atoms with Crippen LogP contribution in [0.2, 0.25) is 5.02 Å². The van der Waals surface area contributed by atoms with Crippen molar-refractivity contribution >= 4 is 23.2 Å². The van der Waals surface area contributed by atoms with E-state index in [-0.39, 0.29) is 5.91 Å². The van der Waals surface area contributed by atoms with Crippen molar-refractivity contribution in [3.8, 4) is 5.69 Å². The van der Waals surface area contributed by atoms with E-state index in [0.717, 1.165) is 0 Å². The van der Waals surface area contributed by atoms with Crippen LogP contribution in [0.3, 0.4) is 0 Å². The number of benzene rings is 1. The van der Waals surface area contributed by atoms with E-state index < -0.39 is 0 Å². The second-order valence-electron chi connectivity index (χ2n) is 4.54. The molecular weight excluding hydrogens is 304 g/mol. The number of hydrogen-bond donors (Lipinski definition) is 1. The van der Waals surface area contributed by atoms with Crippen LogP contribution in [-0.4, -0.2) is 30.5 Å². The number of carbonyl (C=O) groups excluding carboxylic acids is 1. The third-order valence-electron chi connectivity index (χ3n) is 3.09. The molecule has 112 valence electrons. The van der Waals surface area contributed by atoms with Gasteiger partial charge in [0.05, 0.1) is 23.1 Å². The van der Waals surface area contributed by atoms with E-state index in [1.807, 2.05) is 6.92 Å². The van der Waals surface area contributed by atoms with Crippen LogP contribution < -0.4 is 5.32 Å². The number of aromatic nitrogens is 5. The largest absolute Gasteiger partial charge is 0.320 e. The first-order valence-electron chi connectivity index (χ1n) is 6.65. The number of halogens is 1. The number of nitrogens with zero attached hydrogens (tertiary/aromatic N) is 5. The molecule has 3 aromatic rings. The second kappa shape index (κ2) is 5.98. The summed E-state index contributed by atoms with van der Waals surface area (Å²) in [5.41, 5.74) is 1.71. The van der Waals surface area contributed by atoms with Gasteiger partial charge in [-0.1, -0.05) is 11.6 Å². The number of hydrogen-bond acceptors (Lipinski definition) is 4. The van der Waals surface area contributed by atoms with Gasteiger partial charge in [0.2, 0.25) is 0 Å². The number of rotatable bonds is 4. The van der Waals surface area contributed by atoms with Gasteiger partial charge in [0.1, 0.15) is 12.7 Å². The average molecular weight is 317 g/mol. The number of carbonyl (C=O) groups is 1. The summed E-state index contributed by atoms with van der Waals surface area (Å²) in [7, 11) is 0. The van der Waals surface area contributed by atoms with E-state index >= 15 is 0 Å². The molecule has 0 bridgehead atoms. The lowest BCUT2D eigenvalue weighted by atomic mass is 10.2. The first kappa shape index (κ1) is 14.3. The molecule has 0 fully saturated rings. The first-order valence-corrected chi connectivity index (χ1v) is 7.03. The third kappa shape index (κ3) is 2.84. The highest BCUT2D eigenvalue weighted by molar-refractivity contribution is 6.31.